The average molecular weight is 442 g/mol. The number of aromatic nitrogens is 1. The third-order valence-electron chi connectivity index (χ3n) is 6.31. The molecule has 0 radical (unpaired) electrons. The molecule has 0 N–H and O–H groups in total. The molecule has 2 saturated heterocycles. The van der Waals surface area contributed by atoms with Gasteiger partial charge in [0.15, 0.2) is 0 Å². The van der Waals surface area contributed by atoms with Crippen LogP contribution in [-0.2, 0) is 0 Å². The van der Waals surface area contributed by atoms with E-state index in [1.807, 2.05) is 48.4 Å². The first-order valence-electron chi connectivity index (χ1n) is 11.8. The molecule has 31 heavy (non-hydrogen) atoms. The lowest BCUT2D eigenvalue weighted by Gasteiger charge is -2.34. The van der Waals surface area contributed by atoms with Gasteiger partial charge in [-0.05, 0) is 82.8 Å². The Hall–Kier alpha value is -1.92. The Morgan fingerprint density at radius 1 is 1.06 bits per heavy atom. The quantitative estimate of drug-likeness (QED) is 0.608. The summed E-state index contributed by atoms with van der Waals surface area (Å²) in [6.07, 6.45) is 7.83. The maximum absolute atomic E-state index is 13.0. The molecule has 0 spiro atoms. The number of piperidine rings is 1. The van der Waals surface area contributed by atoms with Crippen LogP contribution in [0.15, 0.2) is 29.6 Å². The number of hydrogen-bond donors (Lipinski definition) is 0. The normalized spacial score (nSPS) is 18.9. The molecule has 2 aromatic rings. The zero-order valence-electron chi connectivity index (χ0n) is 18.9. The molecule has 0 saturated carbocycles. The Morgan fingerprint density at radius 2 is 1.74 bits per heavy atom. The van der Waals surface area contributed by atoms with Gasteiger partial charge in [0.2, 0.25) is 0 Å². The smallest absolute Gasteiger partial charge is 0.273 e. The summed E-state index contributed by atoms with van der Waals surface area (Å²) in [5, 5.41) is 2.79. The van der Waals surface area contributed by atoms with Crippen molar-refractivity contribution < 1.29 is 9.53 Å². The van der Waals surface area contributed by atoms with Crippen LogP contribution >= 0.6 is 11.3 Å². The minimum atomic E-state index is 0.0792. The standard InChI is InChI=1S/C25H35N3O2S/c1-19(2)30-22-9-7-21(8-10-22)24-26-23(18-31-24)25(29)28-15-11-20(12-16-28)17-27-13-5-3-4-6-14-27/h7-10,18-20H,3-6,11-17H2,1-2H3. The molecule has 1 amide bonds. The highest BCUT2D eigenvalue weighted by Gasteiger charge is 2.26. The van der Waals surface area contributed by atoms with Gasteiger partial charge < -0.3 is 14.5 Å². The Kier molecular flexibility index (Phi) is 7.62. The number of carbonyl (C=O) groups excluding carboxylic acids is 1. The van der Waals surface area contributed by atoms with Gasteiger partial charge in [0, 0.05) is 30.6 Å². The highest BCUT2D eigenvalue weighted by molar-refractivity contribution is 7.13. The summed E-state index contributed by atoms with van der Waals surface area (Å²) < 4.78 is 5.71. The minimum Gasteiger partial charge on any atom is -0.491 e. The van der Waals surface area contributed by atoms with Gasteiger partial charge in [0.25, 0.3) is 5.91 Å². The number of amides is 1. The van der Waals surface area contributed by atoms with E-state index >= 15 is 0 Å². The van der Waals surface area contributed by atoms with Crippen molar-refractivity contribution in [1.29, 1.82) is 0 Å². The fourth-order valence-electron chi connectivity index (χ4n) is 4.62. The molecule has 5 nitrogen and oxygen atoms in total. The van der Waals surface area contributed by atoms with Gasteiger partial charge in [-0.3, -0.25) is 4.79 Å². The molecule has 0 atom stereocenters. The molecular formula is C25H35N3O2S. The number of carbonyl (C=O) groups is 1. The van der Waals surface area contributed by atoms with Crippen molar-refractivity contribution in [2.75, 3.05) is 32.7 Å². The first-order chi connectivity index (χ1) is 15.1. The zero-order valence-corrected chi connectivity index (χ0v) is 19.7. The highest BCUT2D eigenvalue weighted by atomic mass is 32.1. The van der Waals surface area contributed by atoms with Crippen molar-refractivity contribution in [2.45, 2.75) is 58.5 Å². The third-order valence-corrected chi connectivity index (χ3v) is 7.20. The molecule has 2 fully saturated rings. The van der Waals surface area contributed by atoms with Crippen LogP contribution in [0.5, 0.6) is 5.75 Å². The topological polar surface area (TPSA) is 45.7 Å². The predicted molar refractivity (Wildman–Crippen MR) is 127 cm³/mol. The second-order valence-corrected chi connectivity index (χ2v) is 10.0. The summed E-state index contributed by atoms with van der Waals surface area (Å²) >= 11 is 1.53. The number of thiazole rings is 1. The van der Waals surface area contributed by atoms with Crippen LogP contribution in [0.1, 0.15) is 62.9 Å². The molecule has 1 aromatic carbocycles. The third kappa shape index (κ3) is 6.07. The van der Waals surface area contributed by atoms with E-state index in [0.29, 0.717) is 5.69 Å². The van der Waals surface area contributed by atoms with Crippen LogP contribution in [0, 0.1) is 5.92 Å². The van der Waals surface area contributed by atoms with Crippen LogP contribution in [0.3, 0.4) is 0 Å². The molecule has 0 unspecified atom stereocenters. The van der Waals surface area contributed by atoms with Crippen molar-refractivity contribution in [1.82, 2.24) is 14.8 Å². The van der Waals surface area contributed by atoms with Crippen LogP contribution in [0.25, 0.3) is 10.6 Å². The van der Waals surface area contributed by atoms with Gasteiger partial charge in [-0.2, -0.15) is 0 Å². The summed E-state index contributed by atoms with van der Waals surface area (Å²) in [7, 11) is 0. The van der Waals surface area contributed by atoms with E-state index in [1.54, 1.807) is 0 Å². The van der Waals surface area contributed by atoms with Crippen molar-refractivity contribution >= 4 is 17.2 Å². The van der Waals surface area contributed by atoms with Crippen LogP contribution in [0.2, 0.25) is 0 Å². The van der Waals surface area contributed by atoms with E-state index in [2.05, 4.69) is 9.88 Å². The van der Waals surface area contributed by atoms with E-state index in [4.69, 9.17) is 4.74 Å². The number of ether oxygens (including phenoxy) is 1. The molecule has 2 aliphatic rings. The molecule has 4 rings (SSSR count). The van der Waals surface area contributed by atoms with Crippen molar-refractivity contribution in [2.24, 2.45) is 5.92 Å². The van der Waals surface area contributed by atoms with Crippen molar-refractivity contribution in [3.63, 3.8) is 0 Å². The number of nitrogens with zero attached hydrogens (tertiary/aromatic N) is 3. The van der Waals surface area contributed by atoms with Gasteiger partial charge in [-0.1, -0.05) is 12.8 Å². The minimum absolute atomic E-state index is 0.0792. The molecule has 1 aromatic heterocycles. The van der Waals surface area contributed by atoms with E-state index in [1.165, 1.54) is 56.7 Å². The summed E-state index contributed by atoms with van der Waals surface area (Å²) in [4.78, 5) is 22.3. The van der Waals surface area contributed by atoms with E-state index < -0.39 is 0 Å². The van der Waals surface area contributed by atoms with E-state index in [9.17, 15) is 4.79 Å². The van der Waals surface area contributed by atoms with E-state index in [0.717, 1.165) is 48.2 Å². The van der Waals surface area contributed by atoms with Gasteiger partial charge in [0.1, 0.15) is 16.5 Å². The summed E-state index contributed by atoms with van der Waals surface area (Å²) in [6.45, 7) is 9.46. The summed E-state index contributed by atoms with van der Waals surface area (Å²) in [6, 6.07) is 7.96. The Morgan fingerprint density at radius 3 is 2.39 bits per heavy atom. The van der Waals surface area contributed by atoms with Gasteiger partial charge in [-0.15, -0.1) is 11.3 Å². The maximum atomic E-state index is 13.0. The molecule has 3 heterocycles. The predicted octanol–water partition coefficient (Wildman–Crippen LogP) is 5.33. The SMILES string of the molecule is CC(C)Oc1ccc(-c2nc(C(=O)N3CCC(CN4CCCCCC4)CC3)cs2)cc1. The molecular weight excluding hydrogens is 406 g/mol. The van der Waals surface area contributed by atoms with Crippen molar-refractivity contribution in [3.05, 3.63) is 35.3 Å². The first-order valence-corrected chi connectivity index (χ1v) is 12.7. The summed E-state index contributed by atoms with van der Waals surface area (Å²) in [5.41, 5.74) is 1.60. The van der Waals surface area contributed by atoms with Crippen molar-refractivity contribution in [3.8, 4) is 16.3 Å². The molecule has 168 valence electrons. The van der Waals surface area contributed by atoms with Crippen LogP contribution < -0.4 is 4.74 Å². The molecule has 6 heteroatoms. The van der Waals surface area contributed by atoms with Gasteiger partial charge in [-0.25, -0.2) is 4.98 Å². The lowest BCUT2D eigenvalue weighted by atomic mass is 9.96. The molecule has 0 bridgehead atoms. The van der Waals surface area contributed by atoms with Crippen LogP contribution in [-0.4, -0.2) is 59.5 Å². The number of benzene rings is 1. The lowest BCUT2D eigenvalue weighted by Crippen LogP contribution is -2.42. The first kappa shape index (κ1) is 22.3. The van der Waals surface area contributed by atoms with Gasteiger partial charge in [0.05, 0.1) is 6.10 Å². The molecule has 2 aliphatic heterocycles. The fraction of sp³-hybridized carbons (Fsp3) is 0.600. The lowest BCUT2D eigenvalue weighted by molar-refractivity contribution is 0.0663. The van der Waals surface area contributed by atoms with Crippen LogP contribution in [0.4, 0.5) is 0 Å². The Balaban J connectivity index is 1.30. The summed E-state index contributed by atoms with van der Waals surface area (Å²) in [5.74, 6) is 1.66. The largest absolute Gasteiger partial charge is 0.491 e. The number of likely N-dealkylation sites (tertiary alicyclic amines) is 2. The number of hydrogen-bond acceptors (Lipinski definition) is 5. The highest BCUT2D eigenvalue weighted by Crippen LogP contribution is 2.28. The second kappa shape index (κ2) is 10.6. The Bertz CT molecular complexity index is 833. The fourth-order valence-corrected chi connectivity index (χ4v) is 5.42. The zero-order chi connectivity index (χ0) is 21.6. The van der Waals surface area contributed by atoms with Gasteiger partial charge >= 0.3 is 0 Å². The number of rotatable bonds is 6. The monoisotopic (exact) mass is 441 g/mol. The second-order valence-electron chi connectivity index (χ2n) is 9.18. The van der Waals surface area contributed by atoms with E-state index in [-0.39, 0.29) is 12.0 Å². The maximum Gasteiger partial charge on any atom is 0.273 e. The Labute approximate surface area is 190 Å². The molecule has 0 aliphatic carbocycles. The average Bonchev–Trinajstić information content (AvgIpc) is 3.12.